The second-order valence-electron chi connectivity index (χ2n) is 6.39. The van der Waals surface area contributed by atoms with Crippen LogP contribution in [-0.2, 0) is 6.42 Å². The number of carbonyl (C=O) groups is 1. The Morgan fingerprint density at radius 1 is 1.15 bits per heavy atom. The summed E-state index contributed by atoms with van der Waals surface area (Å²) in [5, 5.41) is 6.65. The summed E-state index contributed by atoms with van der Waals surface area (Å²) in [6.45, 7) is 4.35. The maximum Gasteiger partial charge on any atom is 0.275 e. The van der Waals surface area contributed by atoms with Crippen molar-refractivity contribution in [1.82, 2.24) is 4.98 Å². The number of anilines is 1. The molecule has 0 bridgehead atoms. The highest BCUT2D eigenvalue weighted by Gasteiger charge is 2.14. The van der Waals surface area contributed by atoms with Gasteiger partial charge in [-0.15, -0.1) is 11.3 Å². The Morgan fingerprint density at radius 2 is 1.81 bits per heavy atom. The summed E-state index contributed by atoms with van der Waals surface area (Å²) < 4.78 is 0. The highest BCUT2D eigenvalue weighted by molar-refractivity contribution is 7.09. The number of thiazole rings is 1. The van der Waals surface area contributed by atoms with Gasteiger partial charge in [-0.2, -0.15) is 0 Å². The molecule has 0 aliphatic heterocycles. The Labute approximate surface area is 173 Å². The molecule has 0 saturated carbocycles. The molecule has 0 saturated heterocycles. The standard InChI is InChI=1S/C21H20Cl2N2OS/c1-3-13(2)14-7-9-15(10-8-14)24-21(26)19-12-27-20(25-19)11-16-17(22)5-4-6-18(16)23/h4-10,12-13H,3,11H2,1-2H3,(H,24,26). The lowest BCUT2D eigenvalue weighted by atomic mass is 9.99. The molecule has 0 aliphatic carbocycles. The van der Waals surface area contributed by atoms with E-state index in [-0.39, 0.29) is 5.91 Å². The molecule has 0 spiro atoms. The highest BCUT2D eigenvalue weighted by Crippen LogP contribution is 2.28. The molecule has 140 valence electrons. The normalized spacial score (nSPS) is 12.0. The van der Waals surface area contributed by atoms with Gasteiger partial charge < -0.3 is 5.32 Å². The molecule has 0 fully saturated rings. The van der Waals surface area contributed by atoms with Crippen molar-refractivity contribution < 1.29 is 4.79 Å². The summed E-state index contributed by atoms with van der Waals surface area (Å²) in [6.07, 6.45) is 1.59. The van der Waals surface area contributed by atoms with Gasteiger partial charge in [0.2, 0.25) is 0 Å². The van der Waals surface area contributed by atoms with Gasteiger partial charge in [0, 0.05) is 27.5 Å². The van der Waals surface area contributed by atoms with Gasteiger partial charge in [0.25, 0.3) is 5.91 Å². The van der Waals surface area contributed by atoms with Crippen LogP contribution in [0.25, 0.3) is 0 Å². The Bertz CT molecular complexity index is 917. The van der Waals surface area contributed by atoms with Crippen LogP contribution in [0.4, 0.5) is 5.69 Å². The number of halogens is 2. The fourth-order valence-corrected chi connectivity index (χ4v) is 3.99. The molecule has 1 amide bonds. The van der Waals surface area contributed by atoms with Crippen molar-refractivity contribution in [1.29, 1.82) is 0 Å². The van der Waals surface area contributed by atoms with Crippen LogP contribution in [0.1, 0.15) is 52.8 Å². The summed E-state index contributed by atoms with van der Waals surface area (Å²) in [4.78, 5) is 16.9. The first-order valence-electron chi connectivity index (χ1n) is 8.76. The van der Waals surface area contributed by atoms with Crippen molar-refractivity contribution in [2.24, 2.45) is 0 Å². The first kappa shape index (κ1) is 19.9. The molecule has 1 atom stereocenters. The second-order valence-corrected chi connectivity index (χ2v) is 8.15. The highest BCUT2D eigenvalue weighted by atomic mass is 35.5. The Kier molecular flexibility index (Phi) is 6.53. The van der Waals surface area contributed by atoms with Gasteiger partial charge in [0.05, 0.1) is 5.01 Å². The van der Waals surface area contributed by atoms with E-state index in [1.807, 2.05) is 12.1 Å². The van der Waals surface area contributed by atoms with Crippen molar-refractivity contribution in [2.75, 3.05) is 5.32 Å². The largest absolute Gasteiger partial charge is 0.321 e. The van der Waals surface area contributed by atoms with Gasteiger partial charge in [0.15, 0.2) is 0 Å². The first-order chi connectivity index (χ1) is 13.0. The summed E-state index contributed by atoms with van der Waals surface area (Å²) in [5.41, 5.74) is 3.24. The number of benzene rings is 2. The predicted octanol–water partition coefficient (Wildman–Crippen LogP) is 6.81. The van der Waals surface area contributed by atoms with Crippen LogP contribution >= 0.6 is 34.5 Å². The summed E-state index contributed by atoms with van der Waals surface area (Å²) >= 11 is 13.8. The Hall–Kier alpha value is -1.88. The maximum absolute atomic E-state index is 12.5. The molecule has 0 aliphatic rings. The van der Waals surface area contributed by atoms with E-state index in [4.69, 9.17) is 23.2 Å². The molecule has 6 heteroatoms. The topological polar surface area (TPSA) is 42.0 Å². The number of hydrogen-bond donors (Lipinski definition) is 1. The molecule has 1 N–H and O–H groups in total. The van der Waals surface area contributed by atoms with Gasteiger partial charge in [-0.25, -0.2) is 4.98 Å². The fraction of sp³-hybridized carbons (Fsp3) is 0.238. The van der Waals surface area contributed by atoms with Crippen LogP contribution in [0.3, 0.4) is 0 Å². The molecule has 3 rings (SSSR count). The lowest BCUT2D eigenvalue weighted by molar-refractivity contribution is 0.102. The predicted molar refractivity (Wildman–Crippen MR) is 114 cm³/mol. The minimum atomic E-state index is -0.223. The molecule has 2 aromatic carbocycles. The number of carbonyl (C=O) groups excluding carboxylic acids is 1. The molecule has 27 heavy (non-hydrogen) atoms. The van der Waals surface area contributed by atoms with Crippen LogP contribution in [0.2, 0.25) is 10.0 Å². The molecule has 3 aromatic rings. The zero-order valence-corrected chi connectivity index (χ0v) is 17.5. The van der Waals surface area contributed by atoms with E-state index in [0.717, 1.165) is 22.7 Å². The molecule has 0 radical (unpaired) electrons. The van der Waals surface area contributed by atoms with Gasteiger partial charge >= 0.3 is 0 Å². The van der Waals surface area contributed by atoms with Gasteiger partial charge in [-0.1, -0.05) is 55.2 Å². The van der Waals surface area contributed by atoms with E-state index in [2.05, 4.69) is 36.3 Å². The summed E-state index contributed by atoms with van der Waals surface area (Å²) in [5.74, 6) is 0.284. The van der Waals surface area contributed by atoms with Crippen LogP contribution in [0, 0.1) is 0 Å². The zero-order chi connectivity index (χ0) is 19.4. The number of rotatable bonds is 6. The molecule has 3 nitrogen and oxygen atoms in total. The molecular weight excluding hydrogens is 399 g/mol. The fourth-order valence-electron chi connectivity index (χ4n) is 2.67. The lowest BCUT2D eigenvalue weighted by Crippen LogP contribution is -2.12. The van der Waals surface area contributed by atoms with E-state index in [9.17, 15) is 4.79 Å². The molecule has 1 aromatic heterocycles. The SMILES string of the molecule is CCC(C)c1ccc(NC(=O)c2csc(Cc3c(Cl)cccc3Cl)n2)cc1. The number of aromatic nitrogens is 1. The van der Waals surface area contributed by atoms with E-state index in [0.29, 0.717) is 28.1 Å². The van der Waals surface area contributed by atoms with Gasteiger partial charge in [-0.3, -0.25) is 4.79 Å². The van der Waals surface area contributed by atoms with Crippen LogP contribution in [0.5, 0.6) is 0 Å². The number of amides is 1. The van der Waals surface area contributed by atoms with E-state index in [1.165, 1.54) is 16.9 Å². The maximum atomic E-state index is 12.5. The third-order valence-electron chi connectivity index (χ3n) is 4.52. The van der Waals surface area contributed by atoms with Crippen molar-refractivity contribution in [3.8, 4) is 0 Å². The first-order valence-corrected chi connectivity index (χ1v) is 10.4. The molecular formula is C21H20Cl2N2OS. The summed E-state index contributed by atoms with van der Waals surface area (Å²) in [6, 6.07) is 13.4. The quantitative estimate of drug-likeness (QED) is 0.477. The molecule has 1 unspecified atom stereocenters. The molecule has 1 heterocycles. The van der Waals surface area contributed by atoms with Gasteiger partial charge in [0.1, 0.15) is 5.69 Å². The van der Waals surface area contributed by atoms with Crippen LogP contribution in [0.15, 0.2) is 47.8 Å². The minimum absolute atomic E-state index is 0.223. The van der Waals surface area contributed by atoms with E-state index in [1.54, 1.807) is 23.6 Å². The zero-order valence-electron chi connectivity index (χ0n) is 15.1. The van der Waals surface area contributed by atoms with E-state index >= 15 is 0 Å². The number of nitrogens with zero attached hydrogens (tertiary/aromatic N) is 1. The van der Waals surface area contributed by atoms with Crippen molar-refractivity contribution in [3.05, 3.63) is 79.7 Å². The third-order valence-corrected chi connectivity index (χ3v) is 6.08. The van der Waals surface area contributed by atoms with Crippen molar-refractivity contribution >= 4 is 46.1 Å². The van der Waals surface area contributed by atoms with Crippen molar-refractivity contribution in [3.63, 3.8) is 0 Å². The van der Waals surface area contributed by atoms with Gasteiger partial charge in [-0.05, 0) is 47.7 Å². The van der Waals surface area contributed by atoms with E-state index < -0.39 is 0 Å². The average molecular weight is 419 g/mol. The smallest absolute Gasteiger partial charge is 0.275 e. The van der Waals surface area contributed by atoms with Crippen LogP contribution < -0.4 is 5.32 Å². The monoisotopic (exact) mass is 418 g/mol. The van der Waals surface area contributed by atoms with Crippen molar-refractivity contribution in [2.45, 2.75) is 32.6 Å². The Balaban J connectivity index is 1.68. The minimum Gasteiger partial charge on any atom is -0.321 e. The second kappa shape index (κ2) is 8.87. The lowest BCUT2D eigenvalue weighted by Gasteiger charge is -2.10. The third kappa shape index (κ3) is 4.89. The average Bonchev–Trinajstić information content (AvgIpc) is 3.14. The van der Waals surface area contributed by atoms with Crippen LogP contribution in [-0.4, -0.2) is 10.9 Å². The Morgan fingerprint density at radius 3 is 2.44 bits per heavy atom. The summed E-state index contributed by atoms with van der Waals surface area (Å²) in [7, 11) is 0. The number of nitrogens with one attached hydrogen (secondary N) is 1. The number of hydrogen-bond acceptors (Lipinski definition) is 3.